The summed E-state index contributed by atoms with van der Waals surface area (Å²) in [6, 6.07) is 17.0. The van der Waals surface area contributed by atoms with E-state index < -0.39 is 6.03 Å². The Morgan fingerprint density at radius 2 is 1.74 bits per heavy atom. The molecule has 2 aromatic carbocycles. The number of rotatable bonds is 4. The van der Waals surface area contributed by atoms with Gasteiger partial charge in [0.15, 0.2) is 0 Å². The molecule has 2 heterocycles. The molecular weight excluding hydrogens is 338 g/mol. The molecule has 1 atom stereocenters. The number of hydrogen-bond acceptors (Lipinski definition) is 2. The van der Waals surface area contributed by atoms with E-state index in [0.717, 1.165) is 22.9 Å². The number of carbonyl (C=O) groups is 2. The molecule has 0 aliphatic carbocycles. The number of benzene rings is 2. The lowest BCUT2D eigenvalue weighted by molar-refractivity contribution is -0.113. The Balaban J connectivity index is 1.77. The second kappa shape index (κ2) is 6.76. The van der Waals surface area contributed by atoms with Crippen LogP contribution in [0.2, 0.25) is 0 Å². The maximum absolute atomic E-state index is 12.8. The van der Waals surface area contributed by atoms with Crippen LogP contribution in [0.3, 0.4) is 0 Å². The molecule has 1 aliphatic rings. The fourth-order valence-electron chi connectivity index (χ4n) is 3.41. The van der Waals surface area contributed by atoms with Crippen molar-refractivity contribution in [2.45, 2.75) is 26.3 Å². The summed E-state index contributed by atoms with van der Waals surface area (Å²) in [5, 5.41) is 3.77. The van der Waals surface area contributed by atoms with Crippen LogP contribution in [-0.2, 0) is 4.79 Å². The Hall–Kier alpha value is -3.34. The minimum atomic E-state index is -0.428. The van der Waals surface area contributed by atoms with E-state index in [4.69, 9.17) is 0 Å². The number of para-hydroxylation sites is 2. The van der Waals surface area contributed by atoms with Gasteiger partial charge < -0.3 is 9.88 Å². The molecule has 0 unspecified atom stereocenters. The molecule has 1 N–H and O–H groups in total. The van der Waals surface area contributed by atoms with Crippen LogP contribution in [0.4, 0.5) is 10.5 Å². The zero-order valence-electron chi connectivity index (χ0n) is 15.3. The van der Waals surface area contributed by atoms with Crippen molar-refractivity contribution in [1.29, 1.82) is 0 Å². The van der Waals surface area contributed by atoms with Crippen LogP contribution in [0.25, 0.3) is 17.0 Å². The predicted molar refractivity (Wildman–Crippen MR) is 107 cm³/mol. The van der Waals surface area contributed by atoms with Gasteiger partial charge in [-0.05, 0) is 37.6 Å². The van der Waals surface area contributed by atoms with Crippen molar-refractivity contribution in [2.24, 2.45) is 0 Å². The van der Waals surface area contributed by atoms with Gasteiger partial charge >= 0.3 is 6.03 Å². The number of aromatic nitrogens is 1. The average Bonchev–Trinajstić information content (AvgIpc) is 3.19. The molecule has 4 rings (SSSR count). The highest BCUT2D eigenvalue weighted by atomic mass is 16.2. The van der Waals surface area contributed by atoms with Crippen molar-refractivity contribution in [3.63, 3.8) is 0 Å². The summed E-state index contributed by atoms with van der Waals surface area (Å²) in [7, 11) is 0. The fraction of sp³-hybridized carbons (Fsp3) is 0.182. The molecule has 0 radical (unpaired) electrons. The van der Waals surface area contributed by atoms with Gasteiger partial charge in [0, 0.05) is 28.7 Å². The molecular formula is C22H21N3O2. The first-order valence-electron chi connectivity index (χ1n) is 9.12. The van der Waals surface area contributed by atoms with E-state index in [1.54, 1.807) is 30.3 Å². The van der Waals surface area contributed by atoms with Gasteiger partial charge in [-0.1, -0.05) is 43.3 Å². The van der Waals surface area contributed by atoms with Crippen LogP contribution < -0.4 is 10.2 Å². The molecule has 1 saturated heterocycles. The summed E-state index contributed by atoms with van der Waals surface area (Å²) in [4.78, 5) is 26.3. The Kier molecular flexibility index (Phi) is 4.28. The minimum absolute atomic E-state index is 0.288. The van der Waals surface area contributed by atoms with Crippen LogP contribution in [0.5, 0.6) is 0 Å². The van der Waals surface area contributed by atoms with Crippen molar-refractivity contribution in [3.8, 4) is 0 Å². The number of hydrogen-bond donors (Lipinski definition) is 1. The first-order valence-corrected chi connectivity index (χ1v) is 9.12. The summed E-state index contributed by atoms with van der Waals surface area (Å²) >= 11 is 0. The standard InChI is InChI=1S/C22H21N3O2/c1-3-15(2)24-14-16(18-11-7-8-12-20(18)24)13-19-21(26)25(22(27)23-19)17-9-5-4-6-10-17/h4-15H,3H2,1-2H3,(H,23,27)/b19-13+/t15-/m1/s1. The van der Waals surface area contributed by atoms with Crippen LogP contribution >= 0.6 is 0 Å². The molecule has 5 heteroatoms. The van der Waals surface area contributed by atoms with Crippen LogP contribution in [0.1, 0.15) is 31.9 Å². The second-order valence-corrected chi connectivity index (χ2v) is 6.73. The molecule has 3 amide bonds. The van der Waals surface area contributed by atoms with Crippen molar-refractivity contribution in [3.05, 3.63) is 72.1 Å². The van der Waals surface area contributed by atoms with Gasteiger partial charge in [0.25, 0.3) is 5.91 Å². The van der Waals surface area contributed by atoms with Crippen molar-refractivity contribution >= 4 is 34.6 Å². The Labute approximate surface area is 157 Å². The maximum atomic E-state index is 12.8. The molecule has 0 spiro atoms. The third-order valence-electron chi connectivity index (χ3n) is 5.03. The highest BCUT2D eigenvalue weighted by Crippen LogP contribution is 2.29. The number of nitrogens with zero attached hydrogens (tertiary/aromatic N) is 2. The van der Waals surface area contributed by atoms with E-state index in [1.807, 2.05) is 24.3 Å². The van der Waals surface area contributed by atoms with E-state index in [1.165, 1.54) is 4.90 Å². The van der Waals surface area contributed by atoms with E-state index in [2.05, 4.69) is 36.0 Å². The molecule has 27 heavy (non-hydrogen) atoms. The summed E-state index contributed by atoms with van der Waals surface area (Å²) in [6.07, 6.45) is 4.83. The number of fused-ring (bicyclic) bond motifs is 1. The van der Waals surface area contributed by atoms with Crippen molar-refractivity contribution in [2.75, 3.05) is 4.90 Å². The molecule has 3 aromatic rings. The predicted octanol–water partition coefficient (Wildman–Crippen LogP) is 4.71. The molecule has 5 nitrogen and oxygen atoms in total. The lowest BCUT2D eigenvalue weighted by Crippen LogP contribution is -2.30. The van der Waals surface area contributed by atoms with E-state index in [9.17, 15) is 9.59 Å². The maximum Gasteiger partial charge on any atom is 0.333 e. The first kappa shape index (κ1) is 17.1. The highest BCUT2D eigenvalue weighted by molar-refractivity contribution is 6.28. The number of urea groups is 1. The van der Waals surface area contributed by atoms with Gasteiger partial charge in [-0.15, -0.1) is 0 Å². The molecule has 1 fully saturated rings. The number of imide groups is 1. The van der Waals surface area contributed by atoms with E-state index in [0.29, 0.717) is 11.7 Å². The lowest BCUT2D eigenvalue weighted by Gasteiger charge is -2.12. The second-order valence-electron chi connectivity index (χ2n) is 6.73. The number of amides is 3. The molecule has 1 aliphatic heterocycles. The van der Waals surface area contributed by atoms with Crippen molar-refractivity contribution in [1.82, 2.24) is 9.88 Å². The van der Waals surface area contributed by atoms with Crippen molar-refractivity contribution < 1.29 is 9.59 Å². The topological polar surface area (TPSA) is 54.3 Å². The minimum Gasteiger partial charge on any atom is -0.344 e. The monoisotopic (exact) mass is 359 g/mol. The largest absolute Gasteiger partial charge is 0.344 e. The Morgan fingerprint density at radius 3 is 2.48 bits per heavy atom. The number of nitrogens with one attached hydrogen (secondary N) is 1. The van der Waals surface area contributed by atoms with E-state index in [-0.39, 0.29) is 11.6 Å². The normalized spacial score (nSPS) is 17.0. The summed E-state index contributed by atoms with van der Waals surface area (Å²) < 4.78 is 2.22. The quantitative estimate of drug-likeness (QED) is 0.542. The van der Waals surface area contributed by atoms with Gasteiger partial charge in [-0.3, -0.25) is 4.79 Å². The van der Waals surface area contributed by atoms with Gasteiger partial charge in [0.2, 0.25) is 0 Å². The van der Waals surface area contributed by atoms with E-state index >= 15 is 0 Å². The average molecular weight is 359 g/mol. The molecule has 0 bridgehead atoms. The first-order chi connectivity index (χ1) is 13.1. The molecule has 136 valence electrons. The van der Waals surface area contributed by atoms with Crippen LogP contribution in [0.15, 0.2) is 66.5 Å². The third-order valence-corrected chi connectivity index (χ3v) is 5.03. The fourth-order valence-corrected chi connectivity index (χ4v) is 3.41. The Morgan fingerprint density at radius 1 is 1.04 bits per heavy atom. The third kappa shape index (κ3) is 2.91. The highest BCUT2D eigenvalue weighted by Gasteiger charge is 2.34. The SMILES string of the molecule is CC[C@@H](C)n1cc(/C=C2/NC(=O)N(c3ccccc3)C2=O)c2ccccc21. The smallest absolute Gasteiger partial charge is 0.333 e. The number of carbonyl (C=O) groups excluding carboxylic acids is 2. The van der Waals surface area contributed by atoms with Gasteiger partial charge in [-0.25, -0.2) is 9.69 Å². The Bertz CT molecular complexity index is 1050. The van der Waals surface area contributed by atoms with Gasteiger partial charge in [0.05, 0.1) is 5.69 Å². The molecule has 0 saturated carbocycles. The zero-order valence-corrected chi connectivity index (χ0v) is 15.3. The summed E-state index contributed by atoms with van der Waals surface area (Å²) in [6.45, 7) is 4.32. The van der Waals surface area contributed by atoms with Gasteiger partial charge in [0.1, 0.15) is 5.70 Å². The molecule has 1 aromatic heterocycles. The summed E-state index contributed by atoms with van der Waals surface area (Å²) in [5.41, 5.74) is 2.89. The van der Waals surface area contributed by atoms with Gasteiger partial charge in [-0.2, -0.15) is 0 Å². The van der Waals surface area contributed by atoms with Crippen LogP contribution in [-0.4, -0.2) is 16.5 Å². The number of anilines is 1. The lowest BCUT2D eigenvalue weighted by atomic mass is 10.1. The zero-order chi connectivity index (χ0) is 19.0. The van der Waals surface area contributed by atoms with Crippen LogP contribution in [0, 0.1) is 0 Å². The summed E-state index contributed by atoms with van der Waals surface area (Å²) in [5.74, 6) is -0.341.